The minimum Gasteiger partial charge on any atom is -0.493 e. The van der Waals surface area contributed by atoms with Crippen molar-refractivity contribution in [2.75, 3.05) is 28.4 Å². The fourth-order valence-electron chi connectivity index (χ4n) is 2.45. The van der Waals surface area contributed by atoms with E-state index in [0.717, 1.165) is 0 Å². The van der Waals surface area contributed by atoms with Gasteiger partial charge in [0.15, 0.2) is 11.5 Å². The molecular weight excluding hydrogens is 352 g/mol. The number of hydrogen-bond donors (Lipinski definition) is 1. The molecule has 1 aromatic carbocycles. The molecule has 0 bridgehead atoms. The zero-order valence-electron chi connectivity index (χ0n) is 15.6. The number of hydrogen-bond acceptors (Lipinski definition) is 7. The number of esters is 1. The fraction of sp³-hybridized carbons (Fsp3) is 0.316. The highest BCUT2D eigenvalue weighted by atomic mass is 16.5. The third-order valence-electron chi connectivity index (χ3n) is 3.92. The first-order valence-electron chi connectivity index (χ1n) is 8.12. The molecule has 2 aromatic rings. The predicted molar refractivity (Wildman–Crippen MR) is 97.2 cm³/mol. The fourth-order valence-corrected chi connectivity index (χ4v) is 2.45. The van der Waals surface area contributed by atoms with Crippen LogP contribution >= 0.6 is 0 Å². The maximum Gasteiger partial charge on any atom is 0.307 e. The number of amides is 1. The van der Waals surface area contributed by atoms with E-state index in [1.54, 1.807) is 30.3 Å². The van der Waals surface area contributed by atoms with E-state index in [-0.39, 0.29) is 12.3 Å². The summed E-state index contributed by atoms with van der Waals surface area (Å²) in [6, 6.07) is 7.72. The summed E-state index contributed by atoms with van der Waals surface area (Å²) >= 11 is 0. The monoisotopic (exact) mass is 374 g/mol. The summed E-state index contributed by atoms with van der Waals surface area (Å²) in [4.78, 5) is 28.4. The molecule has 0 unspecified atom stereocenters. The Morgan fingerprint density at radius 3 is 2.30 bits per heavy atom. The first-order chi connectivity index (χ1) is 13.0. The number of rotatable bonds is 8. The Morgan fingerprint density at radius 2 is 1.74 bits per heavy atom. The van der Waals surface area contributed by atoms with Gasteiger partial charge in [0.1, 0.15) is 0 Å². The molecule has 0 saturated heterocycles. The quantitative estimate of drug-likeness (QED) is 0.707. The number of aromatic nitrogens is 1. The lowest BCUT2D eigenvalue weighted by molar-refractivity contribution is -0.141. The van der Waals surface area contributed by atoms with Gasteiger partial charge in [-0.2, -0.15) is 0 Å². The molecule has 0 aliphatic carbocycles. The molecule has 0 spiro atoms. The molecule has 8 nitrogen and oxygen atoms in total. The van der Waals surface area contributed by atoms with Gasteiger partial charge >= 0.3 is 5.97 Å². The Morgan fingerprint density at radius 1 is 1.00 bits per heavy atom. The number of methoxy groups -OCH3 is 4. The second-order valence-electron chi connectivity index (χ2n) is 5.51. The van der Waals surface area contributed by atoms with Crippen molar-refractivity contribution >= 4 is 11.9 Å². The molecule has 1 aromatic heterocycles. The van der Waals surface area contributed by atoms with Crippen molar-refractivity contribution in [3.63, 3.8) is 0 Å². The average molecular weight is 374 g/mol. The van der Waals surface area contributed by atoms with Crippen LogP contribution in [0.2, 0.25) is 0 Å². The molecule has 1 N–H and O–H groups in total. The van der Waals surface area contributed by atoms with Crippen LogP contribution in [0.4, 0.5) is 0 Å². The van der Waals surface area contributed by atoms with E-state index < -0.39 is 12.0 Å². The van der Waals surface area contributed by atoms with E-state index >= 15 is 0 Å². The van der Waals surface area contributed by atoms with Crippen molar-refractivity contribution in [1.29, 1.82) is 0 Å². The predicted octanol–water partition coefficient (Wildman–Crippen LogP) is 2.14. The lowest BCUT2D eigenvalue weighted by atomic mass is 10.0. The smallest absolute Gasteiger partial charge is 0.307 e. The molecule has 0 aliphatic heterocycles. The summed E-state index contributed by atoms with van der Waals surface area (Å²) in [5, 5.41) is 2.82. The maximum absolute atomic E-state index is 12.6. The molecule has 0 fully saturated rings. The Labute approximate surface area is 157 Å². The molecule has 1 heterocycles. The summed E-state index contributed by atoms with van der Waals surface area (Å²) in [5.74, 6) is 0.600. The number of carbonyl (C=O) groups excluding carboxylic acids is 2. The standard InChI is InChI=1S/C19H22N2O6/c1-24-15-7-5-12(9-16(15)25-2)14(10-18(22)27-4)21-19(23)13-6-8-17(26-3)20-11-13/h5-9,11,14H,10H2,1-4H3,(H,21,23)/t14-/m1/s1. The molecule has 1 atom stereocenters. The largest absolute Gasteiger partial charge is 0.493 e. The topological polar surface area (TPSA) is 96.0 Å². The second-order valence-corrected chi connectivity index (χ2v) is 5.51. The van der Waals surface area contributed by atoms with Crippen LogP contribution in [0, 0.1) is 0 Å². The highest BCUT2D eigenvalue weighted by Gasteiger charge is 2.21. The normalized spacial score (nSPS) is 11.3. The van der Waals surface area contributed by atoms with Gasteiger partial charge in [-0.25, -0.2) is 4.98 Å². The highest BCUT2D eigenvalue weighted by molar-refractivity contribution is 5.94. The number of nitrogens with zero attached hydrogens (tertiary/aromatic N) is 1. The van der Waals surface area contributed by atoms with E-state index in [1.807, 2.05) is 0 Å². The van der Waals surface area contributed by atoms with Gasteiger partial charge in [-0.15, -0.1) is 0 Å². The summed E-state index contributed by atoms with van der Waals surface area (Å²) in [7, 11) is 5.83. The number of nitrogens with one attached hydrogen (secondary N) is 1. The summed E-state index contributed by atoms with van der Waals surface area (Å²) < 4.78 is 20.2. The number of benzene rings is 1. The van der Waals surface area contributed by atoms with Crippen molar-refractivity contribution in [1.82, 2.24) is 10.3 Å². The van der Waals surface area contributed by atoms with Crippen LogP contribution in [0.25, 0.3) is 0 Å². The first-order valence-corrected chi connectivity index (χ1v) is 8.12. The molecule has 8 heteroatoms. The maximum atomic E-state index is 12.6. The molecule has 0 saturated carbocycles. The zero-order valence-corrected chi connectivity index (χ0v) is 15.6. The van der Waals surface area contributed by atoms with Gasteiger partial charge < -0.3 is 24.3 Å². The molecule has 0 radical (unpaired) electrons. The molecule has 144 valence electrons. The Hall–Kier alpha value is -3.29. The Balaban J connectivity index is 2.28. The Kier molecular flexibility index (Phi) is 6.99. The molecule has 2 rings (SSSR count). The van der Waals surface area contributed by atoms with Gasteiger partial charge in [-0.3, -0.25) is 9.59 Å². The van der Waals surface area contributed by atoms with Gasteiger partial charge in [-0.1, -0.05) is 6.07 Å². The second kappa shape index (κ2) is 9.42. The average Bonchev–Trinajstić information content (AvgIpc) is 2.72. The lowest BCUT2D eigenvalue weighted by Gasteiger charge is -2.19. The van der Waals surface area contributed by atoms with E-state index in [2.05, 4.69) is 10.3 Å². The summed E-state index contributed by atoms with van der Waals surface area (Å²) in [5.41, 5.74) is 1.01. The van der Waals surface area contributed by atoms with Gasteiger partial charge in [0, 0.05) is 12.3 Å². The summed E-state index contributed by atoms with van der Waals surface area (Å²) in [6.45, 7) is 0. The molecule has 27 heavy (non-hydrogen) atoms. The van der Waals surface area contributed by atoms with Crippen molar-refractivity contribution < 1.29 is 28.5 Å². The van der Waals surface area contributed by atoms with Crippen LogP contribution in [0.5, 0.6) is 17.4 Å². The van der Waals surface area contributed by atoms with Crippen molar-refractivity contribution in [2.45, 2.75) is 12.5 Å². The van der Waals surface area contributed by atoms with E-state index in [4.69, 9.17) is 18.9 Å². The van der Waals surface area contributed by atoms with Gasteiger partial charge in [0.05, 0.1) is 46.5 Å². The number of ether oxygens (including phenoxy) is 4. The van der Waals surface area contributed by atoms with Gasteiger partial charge in [0.25, 0.3) is 5.91 Å². The van der Waals surface area contributed by atoms with Gasteiger partial charge in [0.2, 0.25) is 5.88 Å². The highest BCUT2D eigenvalue weighted by Crippen LogP contribution is 2.31. The third-order valence-corrected chi connectivity index (χ3v) is 3.92. The summed E-state index contributed by atoms with van der Waals surface area (Å²) in [6.07, 6.45) is 1.36. The van der Waals surface area contributed by atoms with Crippen LogP contribution in [0.1, 0.15) is 28.4 Å². The van der Waals surface area contributed by atoms with Crippen LogP contribution in [0.15, 0.2) is 36.5 Å². The minimum absolute atomic E-state index is 0.0404. The zero-order chi connectivity index (χ0) is 19.8. The van der Waals surface area contributed by atoms with E-state index in [0.29, 0.717) is 28.5 Å². The first kappa shape index (κ1) is 20.0. The van der Waals surface area contributed by atoms with Crippen molar-refractivity contribution in [3.8, 4) is 17.4 Å². The molecule has 0 aliphatic rings. The van der Waals surface area contributed by atoms with Crippen molar-refractivity contribution in [2.24, 2.45) is 0 Å². The third kappa shape index (κ3) is 5.10. The minimum atomic E-state index is -0.619. The Bertz CT molecular complexity index is 791. The van der Waals surface area contributed by atoms with Crippen LogP contribution in [-0.2, 0) is 9.53 Å². The van der Waals surface area contributed by atoms with Crippen LogP contribution < -0.4 is 19.5 Å². The number of carbonyl (C=O) groups is 2. The van der Waals surface area contributed by atoms with E-state index in [9.17, 15) is 9.59 Å². The number of pyridine rings is 1. The SMILES string of the molecule is COC(=O)C[C@@H](NC(=O)c1ccc(OC)nc1)c1ccc(OC)c(OC)c1. The van der Waals surface area contributed by atoms with E-state index in [1.165, 1.54) is 34.6 Å². The van der Waals surface area contributed by atoms with Gasteiger partial charge in [-0.05, 0) is 23.8 Å². The molecule has 1 amide bonds. The van der Waals surface area contributed by atoms with Crippen molar-refractivity contribution in [3.05, 3.63) is 47.7 Å². The lowest BCUT2D eigenvalue weighted by Crippen LogP contribution is -2.30. The molecular formula is C19H22N2O6. The van der Waals surface area contributed by atoms with Crippen LogP contribution in [-0.4, -0.2) is 45.3 Å². The van der Waals surface area contributed by atoms with Crippen LogP contribution in [0.3, 0.4) is 0 Å².